The zero-order chi connectivity index (χ0) is 18.6. The molecule has 0 spiro atoms. The summed E-state index contributed by atoms with van der Waals surface area (Å²) in [6, 6.07) is 15.1. The summed E-state index contributed by atoms with van der Waals surface area (Å²) in [5, 5.41) is 2.36. The van der Waals surface area contributed by atoms with Crippen molar-refractivity contribution in [2.24, 2.45) is 0 Å². The van der Waals surface area contributed by atoms with E-state index in [0.29, 0.717) is 11.1 Å². The fraction of sp³-hybridized carbons (Fsp3) is 0.300. The predicted octanol–water partition coefficient (Wildman–Crippen LogP) is 3.49. The van der Waals surface area contributed by atoms with Crippen molar-refractivity contribution in [3.63, 3.8) is 0 Å². The fourth-order valence-corrected chi connectivity index (χ4v) is 5.39. The van der Waals surface area contributed by atoms with E-state index in [1.165, 1.54) is 24.8 Å². The molecule has 2 aromatic rings. The number of hydrogen-bond acceptors (Lipinski definition) is 4. The molecule has 2 rings (SSSR count). The summed E-state index contributed by atoms with van der Waals surface area (Å²) < 4.78 is 9.51. The summed E-state index contributed by atoms with van der Waals surface area (Å²) in [5.74, 6) is -0.678. The Morgan fingerprint density at radius 2 is 1.04 bits per heavy atom. The second-order valence-corrected chi connectivity index (χ2v) is 9.63. The first-order valence-corrected chi connectivity index (χ1v) is 9.29. The van der Waals surface area contributed by atoms with Gasteiger partial charge in [-0.25, -0.2) is 9.59 Å². The van der Waals surface area contributed by atoms with Gasteiger partial charge in [0.15, 0.2) is 0 Å². The van der Waals surface area contributed by atoms with Gasteiger partial charge in [0.25, 0.3) is 0 Å². The Morgan fingerprint density at radius 1 is 0.720 bits per heavy atom. The molecule has 4 nitrogen and oxygen atoms in total. The van der Waals surface area contributed by atoms with Gasteiger partial charge in [-0.15, -0.1) is 0 Å². The van der Waals surface area contributed by atoms with Crippen LogP contribution < -0.4 is 10.6 Å². The van der Waals surface area contributed by atoms with Crippen LogP contribution in [0.4, 0.5) is 0 Å². The molecule has 0 saturated heterocycles. The SMILES string of the molecule is COC(=O)c1ccc(P(c2ccc(C(=O)OC)cc2)C(C)(C)C)cc1. The van der Waals surface area contributed by atoms with Crippen LogP contribution in [-0.2, 0) is 9.47 Å². The zero-order valence-electron chi connectivity index (χ0n) is 15.2. The van der Waals surface area contributed by atoms with Crippen molar-refractivity contribution in [1.29, 1.82) is 0 Å². The lowest BCUT2D eigenvalue weighted by molar-refractivity contribution is 0.0592. The normalized spacial score (nSPS) is 11.3. The first kappa shape index (κ1) is 19.1. The van der Waals surface area contributed by atoms with Gasteiger partial charge in [-0.05, 0) is 48.0 Å². The number of carbonyl (C=O) groups is 2. The Labute approximate surface area is 149 Å². The largest absolute Gasteiger partial charge is 0.465 e. The Hall–Kier alpha value is -2.19. The van der Waals surface area contributed by atoms with E-state index in [4.69, 9.17) is 9.47 Å². The molecule has 0 aliphatic carbocycles. The quantitative estimate of drug-likeness (QED) is 0.620. The van der Waals surface area contributed by atoms with Crippen molar-refractivity contribution in [2.75, 3.05) is 14.2 Å². The minimum atomic E-state index is -0.668. The van der Waals surface area contributed by atoms with Crippen LogP contribution in [0, 0.1) is 0 Å². The molecule has 0 amide bonds. The van der Waals surface area contributed by atoms with Crippen LogP contribution in [0.1, 0.15) is 41.5 Å². The molecule has 2 aromatic carbocycles. The Morgan fingerprint density at radius 3 is 1.28 bits per heavy atom. The van der Waals surface area contributed by atoms with Crippen LogP contribution in [0.2, 0.25) is 0 Å². The van der Waals surface area contributed by atoms with Gasteiger partial charge < -0.3 is 9.47 Å². The molecule has 0 N–H and O–H groups in total. The van der Waals surface area contributed by atoms with Crippen molar-refractivity contribution in [2.45, 2.75) is 25.9 Å². The highest BCUT2D eigenvalue weighted by Gasteiger charge is 2.28. The monoisotopic (exact) mass is 358 g/mol. The minimum absolute atomic E-state index is 0.0227. The Kier molecular flexibility index (Phi) is 5.97. The molecular weight excluding hydrogens is 335 g/mol. The van der Waals surface area contributed by atoms with Gasteiger partial charge in [-0.3, -0.25) is 0 Å². The summed E-state index contributed by atoms with van der Waals surface area (Å²) >= 11 is 0. The predicted molar refractivity (Wildman–Crippen MR) is 102 cm³/mol. The van der Waals surface area contributed by atoms with Crippen LogP contribution in [0.5, 0.6) is 0 Å². The molecule has 0 aromatic heterocycles. The lowest BCUT2D eigenvalue weighted by atomic mass is 10.2. The van der Waals surface area contributed by atoms with E-state index in [2.05, 4.69) is 20.8 Å². The third kappa shape index (κ3) is 4.46. The van der Waals surface area contributed by atoms with Crippen LogP contribution in [0.3, 0.4) is 0 Å². The van der Waals surface area contributed by atoms with E-state index in [9.17, 15) is 9.59 Å². The summed E-state index contributed by atoms with van der Waals surface area (Å²) in [7, 11) is 2.08. The van der Waals surface area contributed by atoms with Crippen LogP contribution >= 0.6 is 7.92 Å². The van der Waals surface area contributed by atoms with E-state index in [1.807, 2.05) is 24.3 Å². The maximum absolute atomic E-state index is 11.6. The molecule has 25 heavy (non-hydrogen) atoms. The number of rotatable bonds is 4. The standard InChI is InChI=1S/C20H23O4P/c1-20(2,3)25(16-10-6-14(7-11-16)18(21)23-4)17-12-8-15(9-13-17)19(22)24-5/h6-13H,1-5H3. The fourth-order valence-electron chi connectivity index (χ4n) is 2.65. The summed E-state index contributed by atoms with van der Waals surface area (Å²) in [6.45, 7) is 6.59. The van der Waals surface area contributed by atoms with Crippen LogP contribution in [0.25, 0.3) is 0 Å². The van der Waals surface area contributed by atoms with Gasteiger partial charge in [0.1, 0.15) is 0 Å². The average Bonchev–Trinajstić information content (AvgIpc) is 2.60. The Bertz CT molecular complexity index is 683. The van der Waals surface area contributed by atoms with Crippen LogP contribution in [0.15, 0.2) is 48.5 Å². The van der Waals surface area contributed by atoms with Crippen molar-refractivity contribution in [3.8, 4) is 0 Å². The molecule has 0 saturated carbocycles. The van der Waals surface area contributed by atoms with Crippen molar-refractivity contribution in [1.82, 2.24) is 0 Å². The smallest absolute Gasteiger partial charge is 0.337 e. The molecule has 132 valence electrons. The Balaban J connectivity index is 2.40. The maximum atomic E-state index is 11.6. The van der Waals surface area contributed by atoms with Crippen molar-refractivity contribution in [3.05, 3.63) is 59.7 Å². The minimum Gasteiger partial charge on any atom is -0.465 e. The first-order chi connectivity index (χ1) is 11.8. The molecule has 0 aliphatic heterocycles. The lowest BCUT2D eigenvalue weighted by Gasteiger charge is -2.32. The molecule has 0 bridgehead atoms. The zero-order valence-corrected chi connectivity index (χ0v) is 16.1. The van der Waals surface area contributed by atoms with Crippen molar-refractivity contribution < 1.29 is 19.1 Å². The molecule has 0 fully saturated rings. The van der Waals surface area contributed by atoms with Gasteiger partial charge in [-0.2, -0.15) is 0 Å². The molecule has 0 unspecified atom stereocenters. The van der Waals surface area contributed by atoms with Gasteiger partial charge in [0.2, 0.25) is 0 Å². The molecular formula is C20H23O4P. The highest BCUT2D eigenvalue weighted by atomic mass is 31.1. The summed E-state index contributed by atoms with van der Waals surface area (Å²) in [4.78, 5) is 23.3. The number of methoxy groups -OCH3 is 2. The highest BCUT2D eigenvalue weighted by molar-refractivity contribution is 7.74. The molecule has 0 atom stereocenters. The van der Waals surface area contributed by atoms with E-state index < -0.39 is 7.92 Å². The van der Waals surface area contributed by atoms with Gasteiger partial charge in [0, 0.05) is 0 Å². The van der Waals surface area contributed by atoms with E-state index in [-0.39, 0.29) is 17.1 Å². The van der Waals surface area contributed by atoms with E-state index in [0.717, 1.165) is 0 Å². The molecule has 0 radical (unpaired) electrons. The topological polar surface area (TPSA) is 52.6 Å². The number of benzene rings is 2. The second kappa shape index (κ2) is 7.79. The van der Waals surface area contributed by atoms with Gasteiger partial charge in [-0.1, -0.05) is 45.0 Å². The number of hydrogen-bond donors (Lipinski definition) is 0. The second-order valence-electron chi connectivity index (χ2n) is 6.58. The third-order valence-corrected chi connectivity index (χ3v) is 6.73. The molecule has 0 heterocycles. The number of esters is 2. The first-order valence-electron chi connectivity index (χ1n) is 7.95. The molecule has 5 heteroatoms. The van der Waals surface area contributed by atoms with Gasteiger partial charge >= 0.3 is 11.9 Å². The van der Waals surface area contributed by atoms with E-state index in [1.54, 1.807) is 24.3 Å². The van der Waals surface area contributed by atoms with E-state index >= 15 is 0 Å². The third-order valence-electron chi connectivity index (χ3n) is 3.76. The van der Waals surface area contributed by atoms with Crippen LogP contribution in [-0.4, -0.2) is 31.3 Å². The maximum Gasteiger partial charge on any atom is 0.337 e. The lowest BCUT2D eigenvalue weighted by Crippen LogP contribution is -2.26. The number of carbonyl (C=O) groups excluding carboxylic acids is 2. The molecule has 0 aliphatic rings. The average molecular weight is 358 g/mol. The highest BCUT2D eigenvalue weighted by Crippen LogP contribution is 2.47. The summed E-state index contributed by atoms with van der Waals surface area (Å²) in [5.41, 5.74) is 1.08. The van der Waals surface area contributed by atoms with Crippen molar-refractivity contribution >= 4 is 30.5 Å². The van der Waals surface area contributed by atoms with Gasteiger partial charge in [0.05, 0.1) is 25.3 Å². The summed E-state index contributed by atoms with van der Waals surface area (Å²) in [6.07, 6.45) is 0. The number of ether oxygens (including phenoxy) is 2.